The Morgan fingerprint density at radius 1 is 1.00 bits per heavy atom. The van der Waals surface area contributed by atoms with Crippen LogP contribution in [-0.4, -0.2) is 10.1 Å². The Morgan fingerprint density at radius 2 is 1.80 bits per heavy atom. The van der Waals surface area contributed by atoms with Gasteiger partial charge in [0.1, 0.15) is 5.75 Å². The lowest BCUT2D eigenvalue weighted by atomic mass is 10.1. The normalized spacial score (nSPS) is 11.2. The van der Waals surface area contributed by atoms with Crippen LogP contribution in [0.3, 0.4) is 0 Å². The summed E-state index contributed by atoms with van der Waals surface area (Å²) < 4.78 is 0. The Kier molecular flexibility index (Phi) is 1.45. The summed E-state index contributed by atoms with van der Waals surface area (Å²) in [5.74, 6) is 0.119. The number of para-hydroxylation sites is 1. The molecule has 4 N–H and O–H groups in total. The third kappa shape index (κ3) is 1.00. The predicted molar refractivity (Wildman–Crippen MR) is 61.9 cm³/mol. The van der Waals surface area contributed by atoms with E-state index in [0.29, 0.717) is 5.69 Å². The molecule has 0 fully saturated rings. The molecule has 0 atom stereocenters. The van der Waals surface area contributed by atoms with Crippen molar-refractivity contribution in [3.8, 4) is 5.75 Å². The van der Waals surface area contributed by atoms with Gasteiger partial charge in [-0.1, -0.05) is 18.2 Å². The fraction of sp³-hybridized carbons (Fsp3) is 0. The van der Waals surface area contributed by atoms with E-state index < -0.39 is 0 Å². The lowest BCUT2D eigenvalue weighted by Gasteiger charge is -1.98. The van der Waals surface area contributed by atoms with Crippen LogP contribution in [0.4, 0.5) is 5.69 Å². The highest BCUT2D eigenvalue weighted by Crippen LogP contribution is 2.33. The molecule has 1 heterocycles. The lowest BCUT2D eigenvalue weighted by Crippen LogP contribution is -1.86. The number of hydrogen-bond acceptors (Lipinski definition) is 2. The van der Waals surface area contributed by atoms with E-state index in [1.165, 1.54) is 0 Å². The largest absolute Gasteiger partial charge is 0.506 e. The molecule has 1 aromatic heterocycles. The lowest BCUT2D eigenvalue weighted by molar-refractivity contribution is 0.478. The first kappa shape index (κ1) is 8.17. The number of H-pyrrole nitrogens is 1. The van der Waals surface area contributed by atoms with Crippen molar-refractivity contribution in [1.82, 2.24) is 4.98 Å². The standard InChI is InChI=1S/C12H10N2O/c13-11-10(15)6-5-8-7-3-1-2-4-9(7)14-12(8)11/h1-6,14-15H,13H2. The van der Waals surface area contributed by atoms with Crippen molar-refractivity contribution in [1.29, 1.82) is 0 Å². The monoisotopic (exact) mass is 198 g/mol. The maximum absolute atomic E-state index is 9.50. The SMILES string of the molecule is Nc1c(O)ccc2c1[nH]c1ccccc12. The van der Waals surface area contributed by atoms with Gasteiger partial charge in [0.05, 0.1) is 11.2 Å². The second kappa shape index (κ2) is 2.67. The van der Waals surface area contributed by atoms with Crippen molar-refractivity contribution in [2.24, 2.45) is 0 Å². The molecule has 0 aliphatic carbocycles. The van der Waals surface area contributed by atoms with Crippen LogP contribution in [0.25, 0.3) is 21.8 Å². The molecule has 0 unspecified atom stereocenters. The molecule has 3 rings (SSSR count). The smallest absolute Gasteiger partial charge is 0.140 e. The first-order chi connectivity index (χ1) is 7.27. The summed E-state index contributed by atoms with van der Waals surface area (Å²) in [5, 5.41) is 11.7. The molecule has 15 heavy (non-hydrogen) atoms. The maximum Gasteiger partial charge on any atom is 0.140 e. The molecule has 2 aromatic carbocycles. The minimum absolute atomic E-state index is 0.119. The van der Waals surface area contributed by atoms with Gasteiger partial charge in [0.25, 0.3) is 0 Å². The molecule has 3 heteroatoms. The van der Waals surface area contributed by atoms with Crippen LogP contribution in [0.1, 0.15) is 0 Å². The Hall–Kier alpha value is -2.16. The number of nitrogens with one attached hydrogen (secondary N) is 1. The second-order valence-corrected chi connectivity index (χ2v) is 3.59. The highest BCUT2D eigenvalue weighted by molar-refractivity contribution is 6.11. The Labute approximate surface area is 86.1 Å². The third-order valence-electron chi connectivity index (χ3n) is 2.70. The van der Waals surface area contributed by atoms with Gasteiger partial charge in [-0.25, -0.2) is 0 Å². The average Bonchev–Trinajstić information content (AvgIpc) is 2.63. The first-order valence-corrected chi connectivity index (χ1v) is 4.75. The van der Waals surface area contributed by atoms with Crippen LogP contribution in [-0.2, 0) is 0 Å². The van der Waals surface area contributed by atoms with Gasteiger partial charge in [-0.05, 0) is 18.2 Å². The molecule has 0 saturated heterocycles. The summed E-state index contributed by atoms with van der Waals surface area (Å²) in [6, 6.07) is 11.5. The fourth-order valence-corrected chi connectivity index (χ4v) is 1.93. The van der Waals surface area contributed by atoms with E-state index >= 15 is 0 Å². The van der Waals surface area contributed by atoms with Gasteiger partial charge in [-0.3, -0.25) is 0 Å². The molecule has 0 radical (unpaired) electrons. The molecule has 74 valence electrons. The van der Waals surface area contributed by atoms with Crippen molar-refractivity contribution in [3.63, 3.8) is 0 Å². The van der Waals surface area contributed by atoms with Gasteiger partial charge in [-0.15, -0.1) is 0 Å². The number of phenols is 1. The number of aromatic hydroxyl groups is 1. The fourth-order valence-electron chi connectivity index (χ4n) is 1.93. The minimum atomic E-state index is 0.119. The van der Waals surface area contributed by atoms with Crippen LogP contribution in [0.5, 0.6) is 5.75 Å². The second-order valence-electron chi connectivity index (χ2n) is 3.59. The number of hydrogen-bond donors (Lipinski definition) is 3. The van der Waals surface area contributed by atoms with Crippen molar-refractivity contribution in [2.75, 3.05) is 5.73 Å². The summed E-state index contributed by atoms with van der Waals surface area (Å²) in [7, 11) is 0. The molecule has 0 amide bonds. The van der Waals surface area contributed by atoms with E-state index in [4.69, 9.17) is 5.73 Å². The molecule has 0 aliphatic rings. The average molecular weight is 198 g/mol. The molecule has 0 spiro atoms. The van der Waals surface area contributed by atoms with E-state index in [1.54, 1.807) is 6.07 Å². The van der Waals surface area contributed by atoms with Crippen LogP contribution >= 0.6 is 0 Å². The zero-order valence-electron chi connectivity index (χ0n) is 7.99. The molecular weight excluding hydrogens is 188 g/mol. The minimum Gasteiger partial charge on any atom is -0.506 e. The summed E-state index contributed by atoms with van der Waals surface area (Å²) in [5.41, 5.74) is 8.04. The Balaban J connectivity index is 2.60. The number of aromatic amines is 1. The first-order valence-electron chi connectivity index (χ1n) is 4.75. The van der Waals surface area contributed by atoms with Crippen molar-refractivity contribution in [3.05, 3.63) is 36.4 Å². The molecule has 0 aliphatic heterocycles. The van der Waals surface area contributed by atoms with Crippen LogP contribution < -0.4 is 5.73 Å². The molecule has 0 saturated carbocycles. The van der Waals surface area contributed by atoms with Gasteiger partial charge < -0.3 is 15.8 Å². The van der Waals surface area contributed by atoms with Crippen molar-refractivity contribution < 1.29 is 5.11 Å². The topological polar surface area (TPSA) is 62.0 Å². The highest BCUT2D eigenvalue weighted by atomic mass is 16.3. The van der Waals surface area contributed by atoms with Crippen LogP contribution in [0.15, 0.2) is 36.4 Å². The summed E-state index contributed by atoms with van der Waals surface area (Å²) in [6.07, 6.45) is 0. The molecule has 3 nitrogen and oxygen atoms in total. The maximum atomic E-state index is 9.50. The number of nitrogen functional groups attached to an aromatic ring is 1. The predicted octanol–water partition coefficient (Wildman–Crippen LogP) is 2.61. The van der Waals surface area contributed by atoms with Crippen molar-refractivity contribution in [2.45, 2.75) is 0 Å². The van der Waals surface area contributed by atoms with Gasteiger partial charge in [0.15, 0.2) is 0 Å². The Bertz CT molecular complexity index is 655. The number of fused-ring (bicyclic) bond motifs is 3. The third-order valence-corrected chi connectivity index (χ3v) is 2.70. The molecule has 0 bridgehead atoms. The van der Waals surface area contributed by atoms with E-state index in [0.717, 1.165) is 21.8 Å². The van der Waals surface area contributed by atoms with E-state index in [1.807, 2.05) is 30.3 Å². The number of anilines is 1. The van der Waals surface area contributed by atoms with Gasteiger partial charge in [-0.2, -0.15) is 0 Å². The van der Waals surface area contributed by atoms with Crippen molar-refractivity contribution >= 4 is 27.5 Å². The number of phenolic OH excluding ortho intramolecular Hbond substituents is 1. The Morgan fingerprint density at radius 3 is 2.67 bits per heavy atom. The quantitative estimate of drug-likeness (QED) is 0.384. The summed E-state index contributed by atoms with van der Waals surface area (Å²) in [6.45, 7) is 0. The summed E-state index contributed by atoms with van der Waals surface area (Å²) in [4.78, 5) is 3.20. The zero-order valence-corrected chi connectivity index (χ0v) is 7.99. The van der Waals surface area contributed by atoms with E-state index in [2.05, 4.69) is 4.98 Å². The highest BCUT2D eigenvalue weighted by Gasteiger charge is 2.08. The van der Waals surface area contributed by atoms with Gasteiger partial charge in [0, 0.05) is 16.3 Å². The number of rotatable bonds is 0. The zero-order chi connectivity index (χ0) is 10.4. The van der Waals surface area contributed by atoms with E-state index in [9.17, 15) is 5.11 Å². The van der Waals surface area contributed by atoms with Crippen LogP contribution in [0, 0.1) is 0 Å². The molecular formula is C12H10N2O. The number of nitrogens with two attached hydrogens (primary N) is 1. The summed E-state index contributed by atoms with van der Waals surface area (Å²) >= 11 is 0. The number of aromatic nitrogens is 1. The van der Waals surface area contributed by atoms with Gasteiger partial charge in [0.2, 0.25) is 0 Å². The van der Waals surface area contributed by atoms with E-state index in [-0.39, 0.29) is 5.75 Å². The number of benzene rings is 2. The molecule has 3 aromatic rings. The van der Waals surface area contributed by atoms with Gasteiger partial charge >= 0.3 is 0 Å². The van der Waals surface area contributed by atoms with Crippen LogP contribution in [0.2, 0.25) is 0 Å².